The van der Waals surface area contributed by atoms with Crippen LogP contribution in [0.5, 0.6) is 5.75 Å². The summed E-state index contributed by atoms with van der Waals surface area (Å²) in [5, 5.41) is 14.6. The molecule has 2 aromatic carbocycles. The molecule has 0 spiro atoms. The molecule has 0 aliphatic carbocycles. The fourth-order valence-corrected chi connectivity index (χ4v) is 4.57. The van der Waals surface area contributed by atoms with Gasteiger partial charge in [-0.25, -0.2) is 0 Å². The highest BCUT2D eigenvalue weighted by atomic mass is 32.1. The first-order chi connectivity index (χ1) is 15.1. The summed E-state index contributed by atoms with van der Waals surface area (Å²) in [4.78, 5) is 6.59. The lowest BCUT2D eigenvalue weighted by Crippen LogP contribution is -2.30. The average Bonchev–Trinajstić information content (AvgIpc) is 3.39. The van der Waals surface area contributed by atoms with Gasteiger partial charge >= 0.3 is 0 Å². The maximum atomic E-state index is 10.6. The van der Waals surface area contributed by atoms with Gasteiger partial charge in [0.1, 0.15) is 11.8 Å². The Labute approximate surface area is 186 Å². The number of anilines is 1. The minimum atomic E-state index is -0.203. The smallest absolute Gasteiger partial charge is 0.174 e. The molecule has 1 aliphatic heterocycles. The lowest BCUT2D eigenvalue weighted by molar-refractivity contribution is 0.472. The molecule has 0 radical (unpaired) electrons. The normalized spacial score (nSPS) is 18.2. The molecule has 1 aliphatic rings. The van der Waals surface area contributed by atoms with E-state index in [0.717, 1.165) is 17.1 Å². The number of phenols is 1. The number of nitrogens with one attached hydrogen (secondary N) is 1. The third-order valence-corrected chi connectivity index (χ3v) is 5.92. The van der Waals surface area contributed by atoms with Crippen LogP contribution in [0.3, 0.4) is 0 Å². The van der Waals surface area contributed by atoms with Crippen LogP contribution < -0.4 is 10.2 Å². The molecule has 4 aromatic rings. The Kier molecular flexibility index (Phi) is 4.92. The Hall–Kier alpha value is -3.64. The van der Waals surface area contributed by atoms with E-state index in [1.54, 1.807) is 12.3 Å². The van der Waals surface area contributed by atoms with Gasteiger partial charge in [0.25, 0.3) is 0 Å². The van der Waals surface area contributed by atoms with Gasteiger partial charge in [-0.05, 0) is 73.2 Å². The second kappa shape index (κ2) is 7.89. The third kappa shape index (κ3) is 3.45. The van der Waals surface area contributed by atoms with Gasteiger partial charge in [-0.1, -0.05) is 30.3 Å². The number of aryl methyl sites for hydroxylation is 1. The van der Waals surface area contributed by atoms with Gasteiger partial charge in [-0.2, -0.15) is 0 Å². The van der Waals surface area contributed by atoms with Crippen molar-refractivity contribution in [2.45, 2.75) is 19.0 Å². The molecule has 0 amide bonds. The van der Waals surface area contributed by atoms with Crippen LogP contribution in [0, 0.1) is 6.92 Å². The molecule has 2 aromatic heterocycles. The number of para-hydroxylation sites is 2. The highest BCUT2D eigenvalue weighted by molar-refractivity contribution is 7.80. The lowest BCUT2D eigenvalue weighted by Gasteiger charge is -2.29. The van der Waals surface area contributed by atoms with Crippen molar-refractivity contribution in [1.82, 2.24) is 14.9 Å². The second-order valence-electron chi connectivity index (χ2n) is 7.63. The molecule has 0 saturated carbocycles. The second-order valence-corrected chi connectivity index (χ2v) is 8.01. The predicted molar refractivity (Wildman–Crippen MR) is 127 cm³/mol. The Balaban J connectivity index is 1.69. The molecule has 6 heteroatoms. The van der Waals surface area contributed by atoms with Crippen LogP contribution in [-0.2, 0) is 0 Å². The summed E-state index contributed by atoms with van der Waals surface area (Å²) in [7, 11) is 0. The Morgan fingerprint density at radius 1 is 0.968 bits per heavy atom. The van der Waals surface area contributed by atoms with E-state index in [4.69, 9.17) is 12.2 Å². The van der Waals surface area contributed by atoms with Gasteiger partial charge in [0.05, 0.1) is 17.4 Å². The zero-order valence-electron chi connectivity index (χ0n) is 17.0. The number of aromatic nitrogens is 2. The number of hydrogen-bond acceptors (Lipinski definition) is 3. The summed E-state index contributed by atoms with van der Waals surface area (Å²) in [5.41, 5.74) is 4.88. The molecule has 154 valence electrons. The van der Waals surface area contributed by atoms with Crippen molar-refractivity contribution in [1.29, 1.82) is 0 Å². The molecule has 0 bridgehead atoms. The first-order valence-electron chi connectivity index (χ1n) is 10.2. The quantitative estimate of drug-likeness (QED) is 0.447. The van der Waals surface area contributed by atoms with Gasteiger partial charge in [-0.3, -0.25) is 4.98 Å². The molecule has 3 heterocycles. The highest BCUT2D eigenvalue weighted by Gasteiger charge is 2.42. The van der Waals surface area contributed by atoms with Crippen LogP contribution in [0.25, 0.3) is 5.69 Å². The molecule has 5 nitrogen and oxygen atoms in total. The molecule has 1 fully saturated rings. The van der Waals surface area contributed by atoms with Crippen molar-refractivity contribution in [3.05, 3.63) is 108 Å². The first-order valence-corrected chi connectivity index (χ1v) is 10.6. The van der Waals surface area contributed by atoms with Crippen molar-refractivity contribution in [3.8, 4) is 11.4 Å². The minimum absolute atomic E-state index is 0.174. The molecule has 31 heavy (non-hydrogen) atoms. The predicted octanol–water partition coefficient (Wildman–Crippen LogP) is 5.06. The summed E-state index contributed by atoms with van der Waals surface area (Å²) in [6.45, 7) is 2.09. The molecule has 2 N–H and O–H groups in total. The van der Waals surface area contributed by atoms with Crippen molar-refractivity contribution in [2.24, 2.45) is 0 Å². The van der Waals surface area contributed by atoms with E-state index in [2.05, 4.69) is 58.3 Å². The molecular weight excluding hydrogens is 404 g/mol. The minimum Gasteiger partial charge on any atom is -0.506 e. The van der Waals surface area contributed by atoms with E-state index in [0.29, 0.717) is 10.8 Å². The standard InChI is InChI=1S/C25H22N4OS/c1-17-8-6-9-18(16-17)28-15-7-12-21(28)24-23(19-10-4-5-14-26-19)27-25(31)29(24)20-11-2-3-13-22(20)30/h2-16,23-24,30H,1H3,(H,27,31)/t23-,24-/m0/s1. The number of hydrogen-bond donors (Lipinski definition) is 2. The maximum Gasteiger partial charge on any atom is 0.174 e. The number of benzene rings is 2. The molecular formula is C25H22N4OS. The molecule has 0 unspecified atom stereocenters. The van der Waals surface area contributed by atoms with Crippen molar-refractivity contribution >= 4 is 23.0 Å². The maximum absolute atomic E-state index is 10.6. The Bertz CT molecular complexity index is 1240. The number of aromatic hydroxyl groups is 1. The molecule has 5 rings (SSSR count). The summed E-state index contributed by atoms with van der Waals surface area (Å²) in [6, 6.07) is 25.3. The number of rotatable bonds is 4. The van der Waals surface area contributed by atoms with Gasteiger partial charge in [0.15, 0.2) is 5.11 Å². The van der Waals surface area contributed by atoms with Gasteiger partial charge in [0.2, 0.25) is 0 Å². The van der Waals surface area contributed by atoms with Crippen LogP contribution >= 0.6 is 12.2 Å². The van der Waals surface area contributed by atoms with Crippen LogP contribution in [0.2, 0.25) is 0 Å². The van der Waals surface area contributed by atoms with Crippen molar-refractivity contribution in [2.75, 3.05) is 4.90 Å². The van der Waals surface area contributed by atoms with Gasteiger partial charge < -0.3 is 19.9 Å². The Morgan fingerprint density at radius 2 is 1.81 bits per heavy atom. The summed E-state index contributed by atoms with van der Waals surface area (Å²) < 4.78 is 2.18. The summed E-state index contributed by atoms with van der Waals surface area (Å²) in [5.74, 6) is 0.187. The van der Waals surface area contributed by atoms with Crippen molar-refractivity contribution < 1.29 is 5.11 Å². The fraction of sp³-hybridized carbons (Fsp3) is 0.120. The summed E-state index contributed by atoms with van der Waals surface area (Å²) in [6.07, 6.45) is 3.85. The van der Waals surface area contributed by atoms with Gasteiger partial charge in [0, 0.05) is 23.8 Å². The van der Waals surface area contributed by atoms with Gasteiger partial charge in [-0.15, -0.1) is 0 Å². The van der Waals surface area contributed by atoms with Crippen molar-refractivity contribution in [3.63, 3.8) is 0 Å². The average molecular weight is 427 g/mol. The van der Waals surface area contributed by atoms with Crippen LogP contribution in [0.4, 0.5) is 5.69 Å². The zero-order chi connectivity index (χ0) is 21.4. The molecule has 2 atom stereocenters. The monoisotopic (exact) mass is 426 g/mol. The first kappa shape index (κ1) is 19.3. The SMILES string of the molecule is Cc1cccc(-n2cccc2[C@H]2[C@H](c3ccccn3)NC(=S)N2c2ccccc2O)c1. The van der Waals surface area contributed by atoms with E-state index in [1.165, 1.54) is 5.56 Å². The van der Waals surface area contributed by atoms with E-state index in [1.807, 2.05) is 47.4 Å². The van der Waals surface area contributed by atoms with Crippen LogP contribution in [0.15, 0.2) is 91.3 Å². The highest BCUT2D eigenvalue weighted by Crippen LogP contribution is 2.44. The number of phenolic OH excluding ortho intramolecular Hbond substituents is 1. The zero-order valence-corrected chi connectivity index (χ0v) is 17.8. The van der Waals surface area contributed by atoms with E-state index >= 15 is 0 Å². The van der Waals surface area contributed by atoms with E-state index in [-0.39, 0.29) is 17.8 Å². The largest absolute Gasteiger partial charge is 0.506 e. The lowest BCUT2D eigenvalue weighted by atomic mass is 10.0. The van der Waals surface area contributed by atoms with E-state index in [9.17, 15) is 5.11 Å². The number of pyridine rings is 1. The topological polar surface area (TPSA) is 53.3 Å². The fourth-order valence-electron chi connectivity index (χ4n) is 4.23. The third-order valence-electron chi connectivity index (χ3n) is 5.60. The summed E-state index contributed by atoms with van der Waals surface area (Å²) >= 11 is 5.76. The van der Waals surface area contributed by atoms with Crippen LogP contribution in [-0.4, -0.2) is 19.8 Å². The number of thiocarbonyl (C=S) groups is 1. The Morgan fingerprint density at radius 3 is 2.58 bits per heavy atom. The van der Waals surface area contributed by atoms with Crippen LogP contribution in [0.1, 0.15) is 29.0 Å². The van der Waals surface area contributed by atoms with E-state index < -0.39 is 0 Å². The number of nitrogens with zero attached hydrogens (tertiary/aromatic N) is 3. The molecule has 1 saturated heterocycles.